The molecule has 0 radical (unpaired) electrons. The third-order valence-electron chi connectivity index (χ3n) is 2.22. The van der Waals surface area contributed by atoms with Crippen molar-refractivity contribution in [2.24, 2.45) is 11.1 Å². The second-order valence-electron chi connectivity index (χ2n) is 4.59. The van der Waals surface area contributed by atoms with Gasteiger partial charge < -0.3 is 15.7 Å². The summed E-state index contributed by atoms with van der Waals surface area (Å²) < 4.78 is 0. The predicted molar refractivity (Wildman–Crippen MR) is 57.3 cm³/mol. The van der Waals surface area contributed by atoms with E-state index in [1.807, 2.05) is 20.8 Å². The fraction of sp³-hybridized carbons (Fsp3) is 0.800. The molecule has 0 aromatic heterocycles. The first-order valence-electron chi connectivity index (χ1n) is 4.96. The minimum atomic E-state index is -1.02. The van der Waals surface area contributed by atoms with Gasteiger partial charge in [0.25, 0.3) is 0 Å². The maximum absolute atomic E-state index is 11.8. The lowest BCUT2D eigenvalue weighted by atomic mass is 9.86. The Bertz CT molecular complexity index is 246. The number of hydrogen-bond acceptors (Lipinski definition) is 3. The zero-order chi connectivity index (χ0) is 12.2. The van der Waals surface area contributed by atoms with Crippen LogP contribution in [-0.2, 0) is 9.59 Å². The lowest BCUT2D eigenvalue weighted by Crippen LogP contribution is -2.51. The number of likely N-dealkylation sites (N-methyl/N-ethyl adjacent to an activating group) is 1. The molecule has 0 saturated heterocycles. The molecule has 0 rings (SSSR count). The van der Waals surface area contributed by atoms with Gasteiger partial charge in [0.05, 0.1) is 6.04 Å². The van der Waals surface area contributed by atoms with Gasteiger partial charge in [0.15, 0.2) is 0 Å². The third-order valence-corrected chi connectivity index (χ3v) is 2.22. The molecule has 0 unspecified atom stereocenters. The van der Waals surface area contributed by atoms with Crippen molar-refractivity contribution >= 4 is 11.9 Å². The van der Waals surface area contributed by atoms with Gasteiger partial charge in [0, 0.05) is 6.54 Å². The standard InChI is InChI=1S/C10H20N2O3/c1-5-12(6-7(13)14)9(15)8(11)10(2,3)4/h8H,5-6,11H2,1-4H3,(H,13,14)/t8-/m0/s1. The lowest BCUT2D eigenvalue weighted by molar-refractivity contribution is -0.145. The average Bonchev–Trinajstić information content (AvgIpc) is 2.10. The number of rotatable bonds is 4. The Morgan fingerprint density at radius 3 is 2.13 bits per heavy atom. The van der Waals surface area contributed by atoms with Crippen molar-refractivity contribution < 1.29 is 14.7 Å². The number of aliphatic carboxylic acids is 1. The predicted octanol–water partition coefficient (Wildman–Crippen LogP) is 0.293. The van der Waals surface area contributed by atoms with Crippen LogP contribution in [0.15, 0.2) is 0 Å². The summed E-state index contributed by atoms with van der Waals surface area (Å²) in [6, 6.07) is -0.670. The number of nitrogens with two attached hydrogens (primary N) is 1. The van der Waals surface area contributed by atoms with Gasteiger partial charge in [-0.25, -0.2) is 0 Å². The number of carbonyl (C=O) groups excluding carboxylic acids is 1. The highest BCUT2D eigenvalue weighted by Crippen LogP contribution is 2.18. The molecular formula is C10H20N2O3. The summed E-state index contributed by atoms with van der Waals surface area (Å²) in [5.74, 6) is -1.33. The van der Waals surface area contributed by atoms with Gasteiger partial charge >= 0.3 is 5.97 Å². The monoisotopic (exact) mass is 216 g/mol. The number of carbonyl (C=O) groups is 2. The molecule has 0 aliphatic carbocycles. The van der Waals surface area contributed by atoms with Crippen LogP contribution < -0.4 is 5.73 Å². The molecule has 1 amide bonds. The minimum Gasteiger partial charge on any atom is -0.480 e. The summed E-state index contributed by atoms with van der Waals surface area (Å²) in [5.41, 5.74) is 5.40. The van der Waals surface area contributed by atoms with Gasteiger partial charge in [-0.05, 0) is 12.3 Å². The van der Waals surface area contributed by atoms with Crippen LogP contribution in [0.5, 0.6) is 0 Å². The number of carboxylic acids is 1. The van der Waals surface area contributed by atoms with Gasteiger partial charge in [-0.15, -0.1) is 0 Å². The van der Waals surface area contributed by atoms with Crippen LogP contribution in [-0.4, -0.2) is 41.0 Å². The van der Waals surface area contributed by atoms with Gasteiger partial charge in [0.1, 0.15) is 6.54 Å². The van der Waals surface area contributed by atoms with Crippen LogP contribution in [0.25, 0.3) is 0 Å². The van der Waals surface area contributed by atoms with E-state index in [4.69, 9.17) is 10.8 Å². The van der Waals surface area contributed by atoms with Crippen LogP contribution in [0.2, 0.25) is 0 Å². The summed E-state index contributed by atoms with van der Waals surface area (Å²) in [7, 11) is 0. The van der Waals surface area contributed by atoms with Crippen molar-refractivity contribution in [2.75, 3.05) is 13.1 Å². The molecule has 0 spiro atoms. The molecule has 3 N–H and O–H groups in total. The molecule has 0 aromatic carbocycles. The Morgan fingerprint density at radius 2 is 1.87 bits per heavy atom. The van der Waals surface area contributed by atoms with E-state index in [1.165, 1.54) is 4.90 Å². The van der Waals surface area contributed by atoms with Crippen LogP contribution in [0.3, 0.4) is 0 Å². The van der Waals surface area contributed by atoms with E-state index in [1.54, 1.807) is 6.92 Å². The van der Waals surface area contributed by atoms with Gasteiger partial charge in [0.2, 0.25) is 5.91 Å². The first kappa shape index (κ1) is 13.9. The quantitative estimate of drug-likeness (QED) is 0.707. The number of amides is 1. The smallest absolute Gasteiger partial charge is 0.323 e. The highest BCUT2D eigenvalue weighted by atomic mass is 16.4. The maximum atomic E-state index is 11.8. The fourth-order valence-corrected chi connectivity index (χ4v) is 1.08. The SMILES string of the molecule is CCN(CC(=O)O)C(=O)[C@H](N)C(C)(C)C. The molecule has 5 heteroatoms. The van der Waals surface area contributed by atoms with Crippen molar-refractivity contribution in [2.45, 2.75) is 33.7 Å². The summed E-state index contributed by atoms with van der Waals surface area (Å²) in [4.78, 5) is 23.6. The molecular weight excluding hydrogens is 196 g/mol. The molecule has 0 bridgehead atoms. The van der Waals surface area contributed by atoms with E-state index in [2.05, 4.69) is 0 Å². The van der Waals surface area contributed by atoms with E-state index in [-0.39, 0.29) is 17.9 Å². The molecule has 0 fully saturated rings. The van der Waals surface area contributed by atoms with E-state index in [0.717, 1.165) is 0 Å². The summed E-state index contributed by atoms with van der Waals surface area (Å²) in [6.45, 7) is 7.35. The van der Waals surface area contributed by atoms with Crippen LogP contribution in [0, 0.1) is 5.41 Å². The molecule has 0 saturated carbocycles. The largest absolute Gasteiger partial charge is 0.480 e. The Balaban J connectivity index is 4.59. The topological polar surface area (TPSA) is 83.6 Å². The molecule has 0 aliphatic rings. The van der Waals surface area contributed by atoms with Gasteiger partial charge in [-0.2, -0.15) is 0 Å². The second-order valence-corrected chi connectivity index (χ2v) is 4.59. The van der Waals surface area contributed by atoms with E-state index < -0.39 is 12.0 Å². The number of carboxylic acid groups (broad SMARTS) is 1. The highest BCUT2D eigenvalue weighted by molar-refractivity contribution is 5.85. The van der Waals surface area contributed by atoms with Crippen LogP contribution >= 0.6 is 0 Å². The zero-order valence-electron chi connectivity index (χ0n) is 9.78. The minimum absolute atomic E-state index is 0.293. The van der Waals surface area contributed by atoms with Crippen molar-refractivity contribution in [3.63, 3.8) is 0 Å². The number of hydrogen-bond donors (Lipinski definition) is 2. The first-order valence-corrected chi connectivity index (χ1v) is 4.96. The van der Waals surface area contributed by atoms with Crippen LogP contribution in [0.1, 0.15) is 27.7 Å². The van der Waals surface area contributed by atoms with Crippen molar-refractivity contribution in [1.29, 1.82) is 0 Å². The Labute approximate surface area is 90.2 Å². The average molecular weight is 216 g/mol. The fourth-order valence-electron chi connectivity index (χ4n) is 1.08. The summed E-state index contributed by atoms with van der Waals surface area (Å²) in [6.07, 6.45) is 0. The molecule has 1 atom stereocenters. The molecule has 15 heavy (non-hydrogen) atoms. The zero-order valence-corrected chi connectivity index (χ0v) is 9.78. The van der Waals surface area contributed by atoms with Gasteiger partial charge in [-0.1, -0.05) is 20.8 Å². The Morgan fingerprint density at radius 1 is 1.40 bits per heavy atom. The summed E-state index contributed by atoms with van der Waals surface area (Å²) in [5, 5.41) is 8.61. The number of nitrogens with zero attached hydrogens (tertiary/aromatic N) is 1. The van der Waals surface area contributed by atoms with E-state index in [0.29, 0.717) is 6.54 Å². The second kappa shape index (κ2) is 5.11. The van der Waals surface area contributed by atoms with Crippen LogP contribution in [0.4, 0.5) is 0 Å². The molecule has 0 heterocycles. The Hall–Kier alpha value is -1.10. The van der Waals surface area contributed by atoms with Gasteiger partial charge in [-0.3, -0.25) is 9.59 Å². The van der Waals surface area contributed by atoms with E-state index in [9.17, 15) is 9.59 Å². The molecule has 5 nitrogen and oxygen atoms in total. The van der Waals surface area contributed by atoms with E-state index >= 15 is 0 Å². The summed E-state index contributed by atoms with van der Waals surface area (Å²) >= 11 is 0. The highest BCUT2D eigenvalue weighted by Gasteiger charge is 2.31. The van der Waals surface area contributed by atoms with Crippen molar-refractivity contribution in [3.05, 3.63) is 0 Å². The maximum Gasteiger partial charge on any atom is 0.323 e. The molecule has 0 aliphatic heterocycles. The third kappa shape index (κ3) is 4.29. The first-order chi connectivity index (χ1) is 6.70. The molecule has 88 valence electrons. The molecule has 0 aromatic rings. The normalized spacial score (nSPS) is 13.4. The lowest BCUT2D eigenvalue weighted by Gasteiger charge is -2.30. The van der Waals surface area contributed by atoms with Crippen molar-refractivity contribution in [1.82, 2.24) is 4.90 Å². The van der Waals surface area contributed by atoms with Crippen molar-refractivity contribution in [3.8, 4) is 0 Å². The Kier molecular flexibility index (Phi) is 4.74.